The van der Waals surface area contributed by atoms with Crippen LogP contribution in [0.1, 0.15) is 27.7 Å². The lowest BCUT2D eigenvalue weighted by Gasteiger charge is -2.28. The average Bonchev–Trinajstić information content (AvgIpc) is 2.56. The van der Waals surface area contributed by atoms with Gasteiger partial charge in [-0.25, -0.2) is 0 Å². The summed E-state index contributed by atoms with van der Waals surface area (Å²) in [5.74, 6) is -1.34. The highest BCUT2D eigenvalue weighted by Gasteiger charge is 2.36. The smallest absolute Gasteiger partial charge is 0.252 e. The van der Waals surface area contributed by atoms with Gasteiger partial charge in [0.15, 0.2) is 6.10 Å². The third-order valence-electron chi connectivity index (χ3n) is 3.48. The molecule has 0 fully saturated rings. The Kier molecular flexibility index (Phi) is 10.6. The molecule has 0 saturated carbocycles. The number of amides is 2. The van der Waals surface area contributed by atoms with Gasteiger partial charge in [0.1, 0.15) is 24.4 Å². The Hall–Kier alpha value is -1.52. The summed E-state index contributed by atoms with van der Waals surface area (Å²) in [6.45, 7) is 6.91. The summed E-state index contributed by atoms with van der Waals surface area (Å²) < 4.78 is 4.92. The second-order valence-electron chi connectivity index (χ2n) is 7.10. The number of rotatable bonds is 10. The van der Waals surface area contributed by atoms with Gasteiger partial charge in [0.05, 0.1) is 6.61 Å². The van der Waals surface area contributed by atoms with Crippen molar-refractivity contribution < 1.29 is 34.8 Å². The van der Waals surface area contributed by atoms with Crippen LogP contribution in [0.15, 0.2) is 12.2 Å². The second kappa shape index (κ2) is 11.2. The lowest BCUT2D eigenvalue weighted by Crippen LogP contribution is -2.55. The van der Waals surface area contributed by atoms with Crippen molar-refractivity contribution in [2.24, 2.45) is 5.41 Å². The van der Waals surface area contributed by atoms with E-state index in [0.717, 1.165) is 7.11 Å². The normalized spacial score (nSPS) is 18.0. The molecule has 0 aromatic carbocycles. The van der Waals surface area contributed by atoms with Gasteiger partial charge in [0.25, 0.3) is 5.91 Å². The van der Waals surface area contributed by atoms with E-state index in [9.17, 15) is 24.9 Å². The average molecular weight is 376 g/mol. The molecule has 0 aliphatic rings. The van der Waals surface area contributed by atoms with Gasteiger partial charge in [-0.05, 0) is 12.3 Å². The first-order valence-electron chi connectivity index (χ1n) is 8.40. The Morgan fingerprint density at radius 3 is 2.15 bits per heavy atom. The zero-order valence-corrected chi connectivity index (χ0v) is 16.0. The number of hydrogen-bond acceptors (Lipinski definition) is 7. The largest absolute Gasteiger partial charge is 0.395 e. The maximum Gasteiger partial charge on any atom is 0.252 e. The number of allylic oxidation sites excluding steroid dienone is 1. The Morgan fingerprint density at radius 2 is 1.69 bits per heavy atom. The Morgan fingerprint density at radius 1 is 1.12 bits per heavy atom. The van der Waals surface area contributed by atoms with E-state index in [1.807, 2.05) is 20.8 Å². The van der Waals surface area contributed by atoms with Gasteiger partial charge >= 0.3 is 0 Å². The van der Waals surface area contributed by atoms with Crippen LogP contribution in [0.2, 0.25) is 0 Å². The van der Waals surface area contributed by atoms with Crippen molar-refractivity contribution >= 4 is 11.8 Å². The number of aliphatic hydroxyl groups is 4. The Labute approximate surface area is 154 Å². The van der Waals surface area contributed by atoms with Crippen LogP contribution in [-0.2, 0) is 14.3 Å². The van der Waals surface area contributed by atoms with Crippen LogP contribution in [0.4, 0.5) is 0 Å². The number of aliphatic hydroxyl groups excluding tert-OH is 4. The minimum Gasteiger partial charge on any atom is -0.395 e. The highest BCUT2D eigenvalue weighted by Crippen LogP contribution is 2.17. The van der Waals surface area contributed by atoms with Crippen LogP contribution in [0.25, 0.3) is 0 Å². The molecule has 0 aliphatic carbocycles. The van der Waals surface area contributed by atoms with Crippen molar-refractivity contribution in [3.63, 3.8) is 0 Å². The quantitative estimate of drug-likeness (QED) is 0.249. The molecular weight excluding hydrogens is 344 g/mol. The summed E-state index contributed by atoms with van der Waals surface area (Å²) in [5.41, 5.74) is -0.235. The van der Waals surface area contributed by atoms with Gasteiger partial charge in [0.2, 0.25) is 5.91 Å². The third kappa shape index (κ3) is 8.72. The fourth-order valence-electron chi connectivity index (χ4n) is 1.98. The van der Waals surface area contributed by atoms with Crippen LogP contribution in [0.5, 0.6) is 0 Å². The monoisotopic (exact) mass is 376 g/mol. The van der Waals surface area contributed by atoms with E-state index in [4.69, 9.17) is 9.84 Å². The topological polar surface area (TPSA) is 148 Å². The summed E-state index contributed by atoms with van der Waals surface area (Å²) >= 11 is 0. The lowest BCUT2D eigenvalue weighted by molar-refractivity contribution is -0.150. The molecule has 2 amide bonds. The SMILES string of the molecule is CO[C@@H](C(=O)N[C@@H](C)C(=O)NCCO)[C@H](O)[C@@H](O)[C@H](O)/C=C/C(C)(C)C. The summed E-state index contributed by atoms with van der Waals surface area (Å²) in [7, 11) is 1.16. The molecule has 26 heavy (non-hydrogen) atoms. The summed E-state index contributed by atoms with van der Waals surface area (Å²) in [4.78, 5) is 23.9. The highest BCUT2D eigenvalue weighted by molar-refractivity contribution is 5.89. The molecule has 0 saturated heterocycles. The Bertz CT molecular complexity index is 476. The number of methoxy groups -OCH3 is 1. The predicted molar refractivity (Wildman–Crippen MR) is 95.1 cm³/mol. The molecule has 0 spiro atoms. The first-order chi connectivity index (χ1) is 11.9. The summed E-state index contributed by atoms with van der Waals surface area (Å²) in [6.07, 6.45) is -3.27. The van der Waals surface area contributed by atoms with E-state index in [1.54, 1.807) is 6.08 Å². The zero-order chi connectivity index (χ0) is 20.5. The fraction of sp³-hybridized carbons (Fsp3) is 0.765. The fourth-order valence-corrected chi connectivity index (χ4v) is 1.98. The van der Waals surface area contributed by atoms with Crippen molar-refractivity contribution in [2.75, 3.05) is 20.3 Å². The highest BCUT2D eigenvalue weighted by atomic mass is 16.5. The molecule has 0 heterocycles. The summed E-state index contributed by atoms with van der Waals surface area (Å²) in [5, 5.41) is 43.6. The van der Waals surface area contributed by atoms with Gasteiger partial charge < -0.3 is 35.8 Å². The van der Waals surface area contributed by atoms with Gasteiger partial charge in [-0.2, -0.15) is 0 Å². The molecule has 5 atom stereocenters. The summed E-state index contributed by atoms with van der Waals surface area (Å²) in [6, 6.07) is -0.943. The van der Waals surface area contributed by atoms with Crippen LogP contribution in [0, 0.1) is 5.41 Å². The molecule has 9 heteroatoms. The standard InChI is InChI=1S/C17H32N2O7/c1-10(15(24)18-8-9-20)19-16(25)14(26-5)13(23)12(22)11(21)6-7-17(2,3)4/h6-7,10-14,20-23H,8-9H2,1-5H3,(H,18,24)(H,19,25)/b7-6+/t10-,11+,12-,13+,14+/m0/s1. The minimum absolute atomic E-state index is 0.0421. The van der Waals surface area contributed by atoms with Crippen molar-refractivity contribution in [3.05, 3.63) is 12.2 Å². The van der Waals surface area contributed by atoms with Crippen molar-refractivity contribution in [1.29, 1.82) is 0 Å². The van der Waals surface area contributed by atoms with Crippen molar-refractivity contribution in [3.8, 4) is 0 Å². The van der Waals surface area contributed by atoms with E-state index in [0.29, 0.717) is 0 Å². The molecule has 0 aromatic heterocycles. The van der Waals surface area contributed by atoms with Gasteiger partial charge in [-0.1, -0.05) is 32.9 Å². The van der Waals surface area contributed by atoms with Gasteiger partial charge in [-0.15, -0.1) is 0 Å². The number of carbonyl (C=O) groups is 2. The second-order valence-corrected chi connectivity index (χ2v) is 7.10. The molecule has 0 radical (unpaired) electrons. The van der Waals surface area contributed by atoms with Crippen molar-refractivity contribution in [1.82, 2.24) is 10.6 Å². The predicted octanol–water partition coefficient (Wildman–Crippen LogP) is -1.70. The number of hydrogen-bond donors (Lipinski definition) is 6. The van der Waals surface area contributed by atoms with Crippen LogP contribution in [0.3, 0.4) is 0 Å². The number of ether oxygens (including phenoxy) is 1. The minimum atomic E-state index is -1.72. The molecule has 0 rings (SSSR count). The zero-order valence-electron chi connectivity index (χ0n) is 16.0. The van der Waals surface area contributed by atoms with Crippen molar-refractivity contribution in [2.45, 2.75) is 58.2 Å². The third-order valence-corrected chi connectivity index (χ3v) is 3.48. The molecule has 152 valence electrons. The molecule has 9 nitrogen and oxygen atoms in total. The Balaban J connectivity index is 4.89. The number of nitrogens with one attached hydrogen (secondary N) is 2. The molecule has 0 unspecified atom stereocenters. The van der Waals surface area contributed by atoms with E-state index >= 15 is 0 Å². The lowest BCUT2D eigenvalue weighted by atomic mass is 9.94. The molecule has 0 aromatic rings. The van der Waals surface area contributed by atoms with Crippen LogP contribution in [-0.4, -0.2) is 83.0 Å². The van der Waals surface area contributed by atoms with E-state index in [-0.39, 0.29) is 18.6 Å². The molecule has 0 aliphatic heterocycles. The first kappa shape index (κ1) is 24.5. The van der Waals surface area contributed by atoms with E-state index in [1.165, 1.54) is 13.0 Å². The maximum absolute atomic E-state index is 12.2. The molecular formula is C17H32N2O7. The van der Waals surface area contributed by atoms with Crippen LogP contribution >= 0.6 is 0 Å². The molecule has 0 bridgehead atoms. The number of carbonyl (C=O) groups excluding carboxylic acids is 2. The van der Waals surface area contributed by atoms with E-state index in [2.05, 4.69) is 10.6 Å². The van der Waals surface area contributed by atoms with Crippen LogP contribution < -0.4 is 10.6 Å². The first-order valence-corrected chi connectivity index (χ1v) is 8.40. The van der Waals surface area contributed by atoms with Gasteiger partial charge in [-0.3, -0.25) is 9.59 Å². The van der Waals surface area contributed by atoms with E-state index < -0.39 is 42.3 Å². The van der Waals surface area contributed by atoms with Gasteiger partial charge in [0, 0.05) is 13.7 Å². The molecule has 6 N–H and O–H groups in total. The maximum atomic E-state index is 12.2.